The number of halogens is 1. The highest BCUT2D eigenvalue weighted by Gasteiger charge is 2.02. The smallest absolute Gasteiger partial charge is 0.191 e. The van der Waals surface area contributed by atoms with Gasteiger partial charge in [-0.15, -0.1) is 35.3 Å². The largest absolute Gasteiger partial charge is 0.489 e. The first-order valence-electron chi connectivity index (χ1n) is 8.84. The predicted octanol–water partition coefficient (Wildman–Crippen LogP) is 4.51. The van der Waals surface area contributed by atoms with E-state index in [1.54, 1.807) is 18.4 Å². The number of guanidine groups is 1. The van der Waals surface area contributed by atoms with Crippen LogP contribution in [0.5, 0.6) is 5.75 Å². The van der Waals surface area contributed by atoms with Gasteiger partial charge in [0.15, 0.2) is 5.96 Å². The van der Waals surface area contributed by atoms with E-state index in [4.69, 9.17) is 4.74 Å². The van der Waals surface area contributed by atoms with Crippen LogP contribution in [0.25, 0.3) is 0 Å². The highest BCUT2D eigenvalue weighted by Crippen LogP contribution is 2.12. The SMILES string of the molecule is CN=C(NCc1ccc(COc2ccccc2)cc1)NCc1ncc(C)s1.I. The predicted molar refractivity (Wildman–Crippen MR) is 127 cm³/mol. The highest BCUT2D eigenvalue weighted by atomic mass is 127. The summed E-state index contributed by atoms with van der Waals surface area (Å²) in [5.41, 5.74) is 2.33. The summed E-state index contributed by atoms with van der Waals surface area (Å²) in [5.74, 6) is 1.65. The van der Waals surface area contributed by atoms with Crippen molar-refractivity contribution in [2.45, 2.75) is 26.6 Å². The number of benzene rings is 2. The van der Waals surface area contributed by atoms with Crippen LogP contribution in [0.4, 0.5) is 0 Å². The zero-order valence-electron chi connectivity index (χ0n) is 16.0. The van der Waals surface area contributed by atoms with Gasteiger partial charge < -0.3 is 15.4 Å². The van der Waals surface area contributed by atoms with Crippen LogP contribution in [0.1, 0.15) is 21.0 Å². The Bertz CT molecular complexity index is 866. The number of aromatic nitrogens is 1. The molecule has 0 atom stereocenters. The van der Waals surface area contributed by atoms with Gasteiger partial charge in [0.05, 0.1) is 6.54 Å². The van der Waals surface area contributed by atoms with Crippen LogP contribution in [-0.2, 0) is 19.7 Å². The van der Waals surface area contributed by atoms with E-state index in [1.807, 2.05) is 36.5 Å². The molecule has 3 aromatic rings. The molecule has 1 aromatic heterocycles. The number of para-hydroxylation sites is 1. The molecule has 0 radical (unpaired) electrons. The fraction of sp³-hybridized carbons (Fsp3) is 0.238. The van der Waals surface area contributed by atoms with E-state index >= 15 is 0 Å². The summed E-state index contributed by atoms with van der Waals surface area (Å²) in [4.78, 5) is 9.82. The van der Waals surface area contributed by atoms with E-state index in [2.05, 4.69) is 51.8 Å². The van der Waals surface area contributed by atoms with Crippen LogP contribution in [0.2, 0.25) is 0 Å². The Hall–Kier alpha value is -2.13. The number of aliphatic imine (C=N–C) groups is 1. The Kier molecular flexibility index (Phi) is 9.22. The molecule has 0 fully saturated rings. The zero-order valence-corrected chi connectivity index (χ0v) is 19.2. The lowest BCUT2D eigenvalue weighted by Crippen LogP contribution is -2.36. The topological polar surface area (TPSA) is 58.5 Å². The van der Waals surface area contributed by atoms with Crippen molar-refractivity contribution in [2.75, 3.05) is 7.05 Å². The minimum absolute atomic E-state index is 0. The van der Waals surface area contributed by atoms with E-state index in [-0.39, 0.29) is 24.0 Å². The molecule has 28 heavy (non-hydrogen) atoms. The summed E-state index contributed by atoms with van der Waals surface area (Å²) in [6, 6.07) is 18.2. The first-order chi connectivity index (χ1) is 13.2. The van der Waals surface area contributed by atoms with Gasteiger partial charge >= 0.3 is 0 Å². The van der Waals surface area contributed by atoms with Crippen molar-refractivity contribution in [3.8, 4) is 5.75 Å². The van der Waals surface area contributed by atoms with E-state index < -0.39 is 0 Å². The molecule has 148 valence electrons. The van der Waals surface area contributed by atoms with Crippen molar-refractivity contribution in [3.05, 3.63) is 81.8 Å². The Morgan fingerprint density at radius 2 is 1.68 bits per heavy atom. The molecule has 2 N–H and O–H groups in total. The molecule has 0 saturated heterocycles. The number of hydrogen-bond acceptors (Lipinski definition) is 4. The lowest BCUT2D eigenvalue weighted by molar-refractivity contribution is 0.306. The first kappa shape index (κ1) is 22.2. The first-order valence-corrected chi connectivity index (χ1v) is 9.66. The molecular weight excluding hydrogens is 483 g/mol. The van der Waals surface area contributed by atoms with Crippen LogP contribution in [0, 0.1) is 6.92 Å². The van der Waals surface area contributed by atoms with E-state index in [1.165, 1.54) is 10.4 Å². The van der Waals surface area contributed by atoms with Gasteiger partial charge in [0.1, 0.15) is 17.4 Å². The summed E-state index contributed by atoms with van der Waals surface area (Å²) in [6.07, 6.45) is 1.89. The molecule has 0 spiro atoms. The van der Waals surface area contributed by atoms with Gasteiger partial charge in [-0.3, -0.25) is 4.99 Å². The fourth-order valence-electron chi connectivity index (χ4n) is 2.49. The molecule has 3 rings (SSSR count). The number of nitrogens with one attached hydrogen (secondary N) is 2. The molecule has 0 bridgehead atoms. The third kappa shape index (κ3) is 7.12. The normalized spacial score (nSPS) is 10.9. The van der Waals surface area contributed by atoms with Crippen molar-refractivity contribution in [1.82, 2.24) is 15.6 Å². The van der Waals surface area contributed by atoms with Crippen LogP contribution in [-0.4, -0.2) is 18.0 Å². The van der Waals surface area contributed by atoms with Crippen molar-refractivity contribution in [2.24, 2.45) is 4.99 Å². The molecule has 0 saturated carbocycles. The third-order valence-corrected chi connectivity index (χ3v) is 4.84. The molecule has 2 aromatic carbocycles. The van der Waals surface area contributed by atoms with Crippen LogP contribution in [0.15, 0.2) is 65.8 Å². The number of aryl methyl sites for hydroxylation is 1. The number of thiazole rings is 1. The van der Waals surface area contributed by atoms with Gasteiger partial charge in [0.25, 0.3) is 0 Å². The molecule has 0 aliphatic rings. The molecular formula is C21H25IN4OS. The minimum Gasteiger partial charge on any atom is -0.489 e. The summed E-state index contributed by atoms with van der Waals surface area (Å²) in [6.45, 7) is 4.00. The minimum atomic E-state index is 0. The lowest BCUT2D eigenvalue weighted by atomic mass is 10.1. The van der Waals surface area contributed by atoms with Crippen molar-refractivity contribution >= 4 is 41.3 Å². The molecule has 0 aliphatic carbocycles. The molecule has 7 heteroatoms. The van der Waals surface area contributed by atoms with Gasteiger partial charge in [-0.05, 0) is 30.2 Å². The maximum Gasteiger partial charge on any atom is 0.191 e. The van der Waals surface area contributed by atoms with Gasteiger partial charge in [0, 0.05) is 24.7 Å². The summed E-state index contributed by atoms with van der Waals surface area (Å²) < 4.78 is 5.77. The third-order valence-electron chi connectivity index (χ3n) is 3.93. The number of rotatable bonds is 7. The second kappa shape index (κ2) is 11.7. The summed E-state index contributed by atoms with van der Waals surface area (Å²) in [5, 5.41) is 7.66. The monoisotopic (exact) mass is 508 g/mol. The van der Waals surface area contributed by atoms with Crippen LogP contribution < -0.4 is 15.4 Å². The average molecular weight is 508 g/mol. The van der Waals surface area contributed by atoms with Crippen molar-refractivity contribution in [1.29, 1.82) is 0 Å². The molecule has 1 heterocycles. The summed E-state index contributed by atoms with van der Waals surface area (Å²) >= 11 is 1.69. The number of hydrogen-bond donors (Lipinski definition) is 2. The lowest BCUT2D eigenvalue weighted by Gasteiger charge is -2.11. The van der Waals surface area contributed by atoms with Crippen molar-refractivity contribution in [3.63, 3.8) is 0 Å². The molecule has 0 unspecified atom stereocenters. The average Bonchev–Trinajstić information content (AvgIpc) is 3.13. The molecule has 0 aliphatic heterocycles. The van der Waals surface area contributed by atoms with Crippen molar-refractivity contribution < 1.29 is 4.74 Å². The highest BCUT2D eigenvalue weighted by molar-refractivity contribution is 14.0. The Labute approximate surface area is 187 Å². The second-order valence-electron chi connectivity index (χ2n) is 6.06. The van der Waals surface area contributed by atoms with Gasteiger partial charge in [-0.2, -0.15) is 0 Å². The number of nitrogens with zero attached hydrogens (tertiary/aromatic N) is 2. The standard InChI is InChI=1S/C21H24N4OS.HI/c1-16-12-23-20(27-16)14-25-21(22-2)24-13-17-8-10-18(11-9-17)15-26-19-6-4-3-5-7-19;/h3-12H,13-15H2,1-2H3,(H2,22,24,25);1H. The number of ether oxygens (including phenoxy) is 1. The quantitative estimate of drug-likeness (QED) is 0.280. The zero-order chi connectivity index (χ0) is 18.9. The Morgan fingerprint density at radius 3 is 2.32 bits per heavy atom. The maximum absolute atomic E-state index is 5.77. The van der Waals surface area contributed by atoms with Gasteiger partial charge in [-0.25, -0.2) is 4.98 Å². The van der Waals surface area contributed by atoms with Gasteiger partial charge in [0.2, 0.25) is 0 Å². The van der Waals surface area contributed by atoms with E-state index in [9.17, 15) is 0 Å². The van der Waals surface area contributed by atoms with Crippen LogP contribution in [0.3, 0.4) is 0 Å². The van der Waals surface area contributed by atoms with Gasteiger partial charge in [-0.1, -0.05) is 42.5 Å². The van der Waals surface area contributed by atoms with E-state index in [0.29, 0.717) is 19.7 Å². The van der Waals surface area contributed by atoms with E-state index in [0.717, 1.165) is 22.3 Å². The molecule has 5 nitrogen and oxygen atoms in total. The second-order valence-corrected chi connectivity index (χ2v) is 7.38. The Balaban J connectivity index is 0.00000280. The summed E-state index contributed by atoms with van der Waals surface area (Å²) in [7, 11) is 1.77. The molecule has 0 amide bonds. The van der Waals surface area contributed by atoms with Crippen LogP contribution >= 0.6 is 35.3 Å². The fourth-order valence-corrected chi connectivity index (χ4v) is 3.21. The Morgan fingerprint density at radius 1 is 1.00 bits per heavy atom. The maximum atomic E-state index is 5.77.